The quantitative estimate of drug-likeness (QED) is 0.768. The molecule has 2 heterocycles. The molecule has 6 nitrogen and oxygen atoms in total. The van der Waals surface area contributed by atoms with Crippen LogP contribution in [0, 0.1) is 11.7 Å². The number of hydrogen-bond acceptors (Lipinski definition) is 4. The Labute approximate surface area is 183 Å². The smallest absolute Gasteiger partial charge is 0.243 e. The largest absolute Gasteiger partial charge is 0.319 e. The first-order chi connectivity index (χ1) is 14.7. The normalized spacial score (nSPS) is 21.9. The van der Waals surface area contributed by atoms with Gasteiger partial charge in [0, 0.05) is 19.6 Å². The summed E-state index contributed by atoms with van der Waals surface area (Å²) in [5.41, 5.74) is 0.239. The Kier molecular flexibility index (Phi) is 5.89. The van der Waals surface area contributed by atoms with Gasteiger partial charge in [0.25, 0.3) is 0 Å². The van der Waals surface area contributed by atoms with E-state index in [1.165, 1.54) is 16.4 Å². The van der Waals surface area contributed by atoms with Crippen LogP contribution in [0.2, 0.25) is 0 Å². The van der Waals surface area contributed by atoms with Gasteiger partial charge in [-0.05, 0) is 48.6 Å². The van der Waals surface area contributed by atoms with Gasteiger partial charge in [-0.15, -0.1) is 0 Å². The highest BCUT2D eigenvalue weighted by molar-refractivity contribution is 7.89. The van der Waals surface area contributed by atoms with E-state index < -0.39 is 15.7 Å². The van der Waals surface area contributed by atoms with Gasteiger partial charge < -0.3 is 4.90 Å². The second kappa shape index (κ2) is 8.33. The van der Waals surface area contributed by atoms with Crippen molar-refractivity contribution in [2.45, 2.75) is 49.8 Å². The zero-order valence-electron chi connectivity index (χ0n) is 17.8. The number of halogens is 1. The minimum atomic E-state index is -3.57. The van der Waals surface area contributed by atoms with E-state index in [-0.39, 0.29) is 28.6 Å². The number of rotatable bonds is 5. The summed E-state index contributed by atoms with van der Waals surface area (Å²) in [5.74, 6) is -0.198. The molecule has 1 N–H and O–H groups in total. The first-order valence-corrected chi connectivity index (χ1v) is 12.1. The minimum absolute atomic E-state index is 0.0127. The highest BCUT2D eigenvalue weighted by Gasteiger charge is 2.53. The van der Waals surface area contributed by atoms with Gasteiger partial charge in [0.05, 0.1) is 16.6 Å². The molecule has 2 aromatic carbocycles. The number of nitrogens with one attached hydrogen (secondary N) is 1. The third kappa shape index (κ3) is 4.12. The molecule has 1 amide bonds. The van der Waals surface area contributed by atoms with Gasteiger partial charge in [-0.1, -0.05) is 44.2 Å². The lowest BCUT2D eigenvalue weighted by atomic mass is 9.96. The van der Waals surface area contributed by atoms with E-state index >= 15 is 0 Å². The van der Waals surface area contributed by atoms with Crippen molar-refractivity contribution in [2.75, 3.05) is 13.1 Å². The Balaban J connectivity index is 1.57. The molecule has 2 aliphatic rings. The standard InChI is InChI=1S/C23H28FN3O3S/c1-17(2)21-22(28)27(16-18-8-10-19(24)11-9-18)23(25-21)12-14-26(15-13-23)31(29,30)20-6-4-3-5-7-20/h3-11,17,21,25H,12-16H2,1-2H3/t21-/m0/s1. The van der Waals surface area contributed by atoms with Crippen LogP contribution in [0.1, 0.15) is 32.3 Å². The average Bonchev–Trinajstić information content (AvgIpc) is 3.02. The fourth-order valence-electron chi connectivity index (χ4n) is 4.51. The third-order valence-corrected chi connectivity index (χ3v) is 8.24. The van der Waals surface area contributed by atoms with E-state index in [1.54, 1.807) is 42.5 Å². The van der Waals surface area contributed by atoms with Crippen LogP contribution in [0.5, 0.6) is 0 Å². The van der Waals surface area contributed by atoms with Gasteiger partial charge in [-0.2, -0.15) is 4.31 Å². The fraction of sp³-hybridized carbons (Fsp3) is 0.435. The van der Waals surface area contributed by atoms with Crippen LogP contribution >= 0.6 is 0 Å². The second-order valence-corrected chi connectivity index (χ2v) is 10.6. The van der Waals surface area contributed by atoms with Crippen molar-refractivity contribution < 1.29 is 17.6 Å². The number of piperidine rings is 1. The molecule has 0 radical (unpaired) electrons. The summed E-state index contributed by atoms with van der Waals surface area (Å²) in [6.45, 7) is 5.00. The number of hydrogen-bond donors (Lipinski definition) is 1. The van der Waals surface area contributed by atoms with Crippen molar-refractivity contribution in [1.82, 2.24) is 14.5 Å². The van der Waals surface area contributed by atoms with Crippen molar-refractivity contribution in [1.29, 1.82) is 0 Å². The molecule has 0 bridgehead atoms. The lowest BCUT2D eigenvalue weighted by Crippen LogP contribution is -2.59. The van der Waals surface area contributed by atoms with Gasteiger partial charge in [0.1, 0.15) is 5.82 Å². The first kappa shape index (κ1) is 21.9. The number of carbonyl (C=O) groups excluding carboxylic acids is 1. The summed E-state index contributed by atoms with van der Waals surface area (Å²) < 4.78 is 40.9. The molecule has 0 aromatic heterocycles. The average molecular weight is 446 g/mol. The summed E-state index contributed by atoms with van der Waals surface area (Å²) >= 11 is 0. The zero-order chi connectivity index (χ0) is 22.2. The predicted molar refractivity (Wildman–Crippen MR) is 116 cm³/mol. The number of nitrogens with zero attached hydrogens (tertiary/aromatic N) is 2. The molecule has 1 spiro atoms. The Bertz CT molecular complexity index is 1030. The summed E-state index contributed by atoms with van der Waals surface area (Å²) in [5, 5.41) is 3.53. The summed E-state index contributed by atoms with van der Waals surface area (Å²) in [6.07, 6.45) is 0.991. The summed E-state index contributed by atoms with van der Waals surface area (Å²) in [4.78, 5) is 15.4. The molecule has 0 aliphatic carbocycles. The SMILES string of the molecule is CC(C)[C@@H]1NC2(CCN(S(=O)(=O)c3ccccc3)CC2)N(Cc2ccc(F)cc2)C1=O. The fourth-order valence-corrected chi connectivity index (χ4v) is 5.98. The van der Waals surface area contributed by atoms with E-state index in [9.17, 15) is 17.6 Å². The number of carbonyl (C=O) groups is 1. The molecule has 0 saturated carbocycles. The lowest BCUT2D eigenvalue weighted by Gasteiger charge is -2.44. The molecule has 1 atom stereocenters. The molecule has 31 heavy (non-hydrogen) atoms. The van der Waals surface area contributed by atoms with Gasteiger partial charge >= 0.3 is 0 Å². The third-order valence-electron chi connectivity index (χ3n) is 6.32. The van der Waals surface area contributed by atoms with Crippen molar-refractivity contribution >= 4 is 15.9 Å². The molecule has 2 fully saturated rings. The van der Waals surface area contributed by atoms with Gasteiger partial charge in [0.2, 0.25) is 15.9 Å². The van der Waals surface area contributed by atoms with Crippen LogP contribution in [0.25, 0.3) is 0 Å². The Morgan fingerprint density at radius 2 is 1.68 bits per heavy atom. The van der Waals surface area contributed by atoms with Crippen LogP contribution in [0.15, 0.2) is 59.5 Å². The van der Waals surface area contributed by atoms with Gasteiger partial charge in [-0.25, -0.2) is 12.8 Å². The number of sulfonamides is 1. The molecule has 4 rings (SSSR count). The highest BCUT2D eigenvalue weighted by Crippen LogP contribution is 2.36. The molecule has 2 aliphatic heterocycles. The number of amides is 1. The van der Waals surface area contributed by atoms with Crippen molar-refractivity contribution in [3.8, 4) is 0 Å². The predicted octanol–water partition coefficient (Wildman–Crippen LogP) is 2.96. The first-order valence-electron chi connectivity index (χ1n) is 10.6. The molecule has 0 unspecified atom stereocenters. The lowest BCUT2D eigenvalue weighted by molar-refractivity contribution is -0.134. The van der Waals surface area contributed by atoms with Crippen molar-refractivity contribution in [2.24, 2.45) is 5.92 Å². The van der Waals surface area contributed by atoms with E-state index in [4.69, 9.17) is 0 Å². The van der Waals surface area contributed by atoms with Crippen molar-refractivity contribution in [3.63, 3.8) is 0 Å². The van der Waals surface area contributed by atoms with E-state index in [0.29, 0.717) is 32.5 Å². The Morgan fingerprint density at radius 3 is 2.26 bits per heavy atom. The number of benzene rings is 2. The topological polar surface area (TPSA) is 69.7 Å². The molecular formula is C23H28FN3O3S. The van der Waals surface area contributed by atoms with Crippen LogP contribution in [-0.2, 0) is 21.4 Å². The highest BCUT2D eigenvalue weighted by atomic mass is 32.2. The Morgan fingerprint density at radius 1 is 1.06 bits per heavy atom. The van der Waals surface area contributed by atoms with Crippen LogP contribution in [-0.4, -0.2) is 48.3 Å². The van der Waals surface area contributed by atoms with Gasteiger partial charge in [0.15, 0.2) is 0 Å². The second-order valence-electron chi connectivity index (χ2n) is 8.67. The van der Waals surface area contributed by atoms with Crippen molar-refractivity contribution in [3.05, 3.63) is 66.0 Å². The maximum Gasteiger partial charge on any atom is 0.243 e. The van der Waals surface area contributed by atoms with Crippen LogP contribution < -0.4 is 5.32 Å². The zero-order valence-corrected chi connectivity index (χ0v) is 18.6. The van der Waals surface area contributed by atoms with Gasteiger partial charge in [-0.3, -0.25) is 10.1 Å². The molecular weight excluding hydrogens is 417 g/mol. The molecule has 8 heteroatoms. The summed E-state index contributed by atoms with van der Waals surface area (Å²) in [7, 11) is -3.57. The van der Waals surface area contributed by atoms with E-state index in [0.717, 1.165) is 5.56 Å². The van der Waals surface area contributed by atoms with Crippen LogP contribution in [0.4, 0.5) is 4.39 Å². The summed E-state index contributed by atoms with van der Waals surface area (Å²) in [6, 6.07) is 14.3. The molecule has 2 aromatic rings. The minimum Gasteiger partial charge on any atom is -0.319 e. The molecule has 2 saturated heterocycles. The monoisotopic (exact) mass is 445 g/mol. The Hall–Kier alpha value is -2.29. The maximum atomic E-state index is 13.3. The molecule has 166 valence electrons. The van der Waals surface area contributed by atoms with E-state index in [2.05, 4.69) is 5.32 Å². The van der Waals surface area contributed by atoms with E-state index in [1.807, 2.05) is 18.7 Å². The van der Waals surface area contributed by atoms with Crippen LogP contribution in [0.3, 0.4) is 0 Å². The maximum absolute atomic E-state index is 13.3.